The van der Waals surface area contributed by atoms with Crippen molar-refractivity contribution in [1.82, 2.24) is 5.12 Å². The van der Waals surface area contributed by atoms with Crippen LogP contribution in [-0.4, -0.2) is 41.3 Å². The number of amides is 2. The van der Waals surface area contributed by atoms with Gasteiger partial charge in [0.15, 0.2) is 11.8 Å². The minimum atomic E-state index is -1.30. The van der Waals surface area contributed by atoms with Crippen LogP contribution in [0.3, 0.4) is 0 Å². The minimum Gasteiger partial charge on any atom is -0.461 e. The lowest BCUT2D eigenvalue weighted by Gasteiger charge is -2.17. The number of fused-ring (bicyclic) bond motifs is 1. The van der Waals surface area contributed by atoms with E-state index < -0.39 is 29.7 Å². The number of hydrazone groups is 1. The average Bonchev–Trinajstić information content (AvgIpc) is 3.08. The standard InChI is InChI=1S/C15H13ClN4O5/c1-3-25-15(23)11-10-12(20(17-11)18-24)14(22)19(13(10)21)8-5-4-7(2)9(16)6-8/h4-6,10,12H,3H2,1-2H3/t10-,12-/m1/s1. The first-order chi connectivity index (χ1) is 11.9. The van der Waals surface area contributed by atoms with Crippen LogP contribution in [0.15, 0.2) is 28.6 Å². The summed E-state index contributed by atoms with van der Waals surface area (Å²) in [7, 11) is 0. The number of anilines is 1. The van der Waals surface area contributed by atoms with Crippen LogP contribution in [0.2, 0.25) is 5.02 Å². The van der Waals surface area contributed by atoms with Crippen LogP contribution >= 0.6 is 11.6 Å². The maximum atomic E-state index is 12.8. The Bertz CT molecular complexity index is 824. The highest BCUT2D eigenvalue weighted by Gasteiger charge is 2.59. The Kier molecular flexibility index (Phi) is 4.25. The molecule has 1 aromatic carbocycles. The van der Waals surface area contributed by atoms with Crippen molar-refractivity contribution < 1.29 is 19.1 Å². The van der Waals surface area contributed by atoms with Gasteiger partial charge in [-0.15, -0.1) is 15.1 Å². The van der Waals surface area contributed by atoms with Gasteiger partial charge in [-0.2, -0.15) is 0 Å². The number of imide groups is 1. The minimum absolute atomic E-state index is 0.0587. The fourth-order valence-corrected chi connectivity index (χ4v) is 2.98. The number of carbonyl (C=O) groups is 3. The van der Waals surface area contributed by atoms with Gasteiger partial charge in [0.2, 0.25) is 5.91 Å². The topological polar surface area (TPSA) is 109 Å². The van der Waals surface area contributed by atoms with Gasteiger partial charge < -0.3 is 4.74 Å². The van der Waals surface area contributed by atoms with Crippen LogP contribution in [0.1, 0.15) is 12.5 Å². The summed E-state index contributed by atoms with van der Waals surface area (Å²) in [6, 6.07) is 3.37. The molecule has 2 aliphatic rings. The Labute approximate surface area is 147 Å². The van der Waals surface area contributed by atoms with E-state index in [2.05, 4.69) is 10.4 Å². The zero-order chi connectivity index (χ0) is 18.3. The van der Waals surface area contributed by atoms with E-state index in [9.17, 15) is 19.3 Å². The molecule has 2 heterocycles. The van der Waals surface area contributed by atoms with Crippen molar-refractivity contribution in [3.05, 3.63) is 33.7 Å². The molecule has 130 valence electrons. The van der Waals surface area contributed by atoms with E-state index in [0.717, 1.165) is 10.5 Å². The molecule has 0 saturated carbocycles. The Morgan fingerprint density at radius 3 is 2.68 bits per heavy atom. The summed E-state index contributed by atoms with van der Waals surface area (Å²) in [4.78, 5) is 49.3. The third-order valence-corrected chi connectivity index (χ3v) is 4.42. The molecule has 25 heavy (non-hydrogen) atoms. The molecule has 0 N–H and O–H groups in total. The Balaban J connectivity index is 2.02. The van der Waals surface area contributed by atoms with Gasteiger partial charge in [-0.05, 0) is 31.5 Å². The van der Waals surface area contributed by atoms with E-state index in [1.165, 1.54) is 6.07 Å². The molecule has 1 fully saturated rings. The molecule has 1 aromatic rings. The van der Waals surface area contributed by atoms with Crippen LogP contribution in [-0.2, 0) is 19.1 Å². The molecular formula is C15H13ClN4O5. The van der Waals surface area contributed by atoms with Gasteiger partial charge >= 0.3 is 5.97 Å². The van der Waals surface area contributed by atoms with Crippen molar-refractivity contribution in [2.24, 2.45) is 16.3 Å². The first-order valence-corrected chi connectivity index (χ1v) is 7.80. The number of halogens is 1. The molecule has 0 radical (unpaired) electrons. The largest absolute Gasteiger partial charge is 0.461 e. The summed E-state index contributed by atoms with van der Waals surface area (Å²) < 4.78 is 4.84. The molecule has 0 aliphatic carbocycles. The van der Waals surface area contributed by atoms with E-state index in [-0.39, 0.29) is 18.0 Å². The molecule has 9 nitrogen and oxygen atoms in total. The van der Waals surface area contributed by atoms with Gasteiger partial charge in [-0.1, -0.05) is 17.7 Å². The number of nitrogens with zero attached hydrogens (tertiary/aromatic N) is 4. The lowest BCUT2D eigenvalue weighted by Crippen LogP contribution is -2.36. The summed E-state index contributed by atoms with van der Waals surface area (Å²) in [5.41, 5.74) is 0.703. The maximum absolute atomic E-state index is 12.8. The van der Waals surface area contributed by atoms with Crippen molar-refractivity contribution >= 4 is 40.8 Å². The first-order valence-electron chi connectivity index (χ1n) is 7.42. The summed E-state index contributed by atoms with van der Waals surface area (Å²) >= 11 is 6.06. The number of hydrogen-bond acceptors (Lipinski definition) is 7. The molecule has 2 aliphatic heterocycles. The van der Waals surface area contributed by atoms with Crippen LogP contribution in [0.4, 0.5) is 5.69 Å². The Morgan fingerprint density at radius 1 is 1.36 bits per heavy atom. The number of hydrogen-bond donors (Lipinski definition) is 0. The van der Waals surface area contributed by atoms with Crippen molar-refractivity contribution in [3.8, 4) is 0 Å². The van der Waals surface area contributed by atoms with Crippen molar-refractivity contribution in [3.63, 3.8) is 0 Å². The van der Waals surface area contributed by atoms with Crippen LogP contribution in [0, 0.1) is 17.7 Å². The predicted octanol–water partition coefficient (Wildman–Crippen LogP) is 1.42. The molecule has 0 aromatic heterocycles. The third kappa shape index (κ3) is 2.56. The summed E-state index contributed by atoms with van der Waals surface area (Å²) in [6.45, 7) is 3.42. The zero-order valence-electron chi connectivity index (χ0n) is 13.3. The second-order valence-electron chi connectivity index (χ2n) is 5.48. The summed E-state index contributed by atoms with van der Waals surface area (Å²) in [6.07, 6.45) is 0. The summed E-state index contributed by atoms with van der Waals surface area (Å²) in [5.74, 6) is -3.51. The number of ether oxygens (including phenoxy) is 1. The predicted molar refractivity (Wildman–Crippen MR) is 87.7 cm³/mol. The number of benzene rings is 1. The highest BCUT2D eigenvalue weighted by molar-refractivity contribution is 6.46. The Hall–Kier alpha value is -2.81. The zero-order valence-corrected chi connectivity index (χ0v) is 14.1. The van der Waals surface area contributed by atoms with E-state index in [1.54, 1.807) is 26.0 Å². The molecule has 0 spiro atoms. The van der Waals surface area contributed by atoms with Gasteiger partial charge in [0.1, 0.15) is 5.92 Å². The maximum Gasteiger partial charge on any atom is 0.355 e. The molecule has 3 rings (SSSR count). The van der Waals surface area contributed by atoms with Crippen LogP contribution in [0.5, 0.6) is 0 Å². The van der Waals surface area contributed by atoms with Gasteiger partial charge in [-0.25, -0.2) is 9.69 Å². The van der Waals surface area contributed by atoms with E-state index in [1.807, 2.05) is 0 Å². The fourth-order valence-electron chi connectivity index (χ4n) is 2.81. The van der Waals surface area contributed by atoms with Gasteiger partial charge in [0, 0.05) is 5.02 Å². The molecule has 10 heteroatoms. The number of carbonyl (C=O) groups excluding carboxylic acids is 3. The van der Waals surface area contributed by atoms with Crippen LogP contribution in [0.25, 0.3) is 0 Å². The fraction of sp³-hybridized carbons (Fsp3) is 0.333. The molecule has 1 saturated heterocycles. The molecule has 2 amide bonds. The number of esters is 1. The number of aryl methyl sites for hydroxylation is 1. The smallest absolute Gasteiger partial charge is 0.355 e. The molecule has 0 unspecified atom stereocenters. The summed E-state index contributed by atoms with van der Waals surface area (Å²) in [5, 5.41) is 7.21. The van der Waals surface area contributed by atoms with Gasteiger partial charge in [0.25, 0.3) is 5.91 Å². The second kappa shape index (κ2) is 6.25. The quantitative estimate of drug-likeness (QED) is 0.454. The second-order valence-corrected chi connectivity index (χ2v) is 5.88. The van der Waals surface area contributed by atoms with E-state index in [0.29, 0.717) is 10.1 Å². The number of nitroso groups, excluding NO2 is 1. The Morgan fingerprint density at radius 2 is 2.08 bits per heavy atom. The van der Waals surface area contributed by atoms with Gasteiger partial charge in [-0.3, -0.25) is 9.59 Å². The highest BCUT2D eigenvalue weighted by atomic mass is 35.5. The lowest BCUT2D eigenvalue weighted by atomic mass is 9.98. The molecule has 0 bridgehead atoms. The molecule has 2 atom stereocenters. The normalized spacial score (nSPS) is 22.1. The molecular weight excluding hydrogens is 352 g/mol. The highest BCUT2D eigenvalue weighted by Crippen LogP contribution is 2.36. The van der Waals surface area contributed by atoms with E-state index in [4.69, 9.17) is 16.3 Å². The van der Waals surface area contributed by atoms with Gasteiger partial charge in [0.05, 0.1) is 17.6 Å². The number of rotatable bonds is 4. The first kappa shape index (κ1) is 17.0. The third-order valence-electron chi connectivity index (χ3n) is 4.01. The van der Waals surface area contributed by atoms with Crippen LogP contribution < -0.4 is 4.90 Å². The lowest BCUT2D eigenvalue weighted by molar-refractivity contribution is -0.136. The monoisotopic (exact) mass is 364 g/mol. The van der Waals surface area contributed by atoms with Crippen molar-refractivity contribution in [2.75, 3.05) is 11.5 Å². The average molecular weight is 365 g/mol. The van der Waals surface area contributed by atoms with Crippen molar-refractivity contribution in [1.29, 1.82) is 0 Å². The van der Waals surface area contributed by atoms with E-state index >= 15 is 0 Å². The SMILES string of the molecule is CCOC(=O)C1=NN(N=O)[C@H]2C(=O)N(c3ccc(C)c(Cl)c3)C(=O)[C@H]12. The van der Waals surface area contributed by atoms with Crippen molar-refractivity contribution in [2.45, 2.75) is 19.9 Å².